The van der Waals surface area contributed by atoms with E-state index in [-0.39, 0.29) is 5.91 Å². The van der Waals surface area contributed by atoms with E-state index in [0.29, 0.717) is 33.9 Å². The van der Waals surface area contributed by atoms with Gasteiger partial charge in [0.15, 0.2) is 0 Å². The number of aromatic nitrogens is 2. The number of fused-ring (bicyclic) bond motifs is 3. The van der Waals surface area contributed by atoms with Crippen LogP contribution in [0.2, 0.25) is 5.02 Å². The summed E-state index contributed by atoms with van der Waals surface area (Å²) in [5.74, 6) is 1.45. The molecule has 3 aromatic rings. The van der Waals surface area contributed by atoms with Gasteiger partial charge in [-0.3, -0.25) is 4.79 Å². The number of aryl methyl sites for hydroxylation is 1. The van der Waals surface area contributed by atoms with Gasteiger partial charge in [-0.2, -0.15) is 0 Å². The fourth-order valence-corrected chi connectivity index (χ4v) is 6.24. The molecule has 1 saturated heterocycles. The number of carbonyl (C=O) groups excluding carboxylic acids is 1. The minimum atomic E-state index is -0.188. The number of benzene rings is 1. The highest BCUT2D eigenvalue weighted by Crippen LogP contribution is 2.40. The Morgan fingerprint density at radius 1 is 1.32 bits per heavy atom. The van der Waals surface area contributed by atoms with Crippen molar-refractivity contribution >= 4 is 50.6 Å². The lowest BCUT2D eigenvalue weighted by atomic mass is 9.98. The molecule has 3 N–H and O–H groups in total. The second-order valence-corrected chi connectivity index (χ2v) is 10.2. The first kappa shape index (κ1) is 20.5. The average molecular weight is 456 g/mol. The number of nitrogens with one attached hydrogen (secondary N) is 1. The number of hydrogen-bond acceptors (Lipinski definition) is 6. The highest BCUT2D eigenvalue weighted by atomic mass is 35.5. The van der Waals surface area contributed by atoms with Gasteiger partial charge < -0.3 is 16.0 Å². The van der Waals surface area contributed by atoms with Gasteiger partial charge in [-0.15, -0.1) is 11.3 Å². The van der Waals surface area contributed by atoms with E-state index in [4.69, 9.17) is 17.3 Å². The molecule has 2 unspecified atom stereocenters. The van der Waals surface area contributed by atoms with E-state index in [1.54, 1.807) is 6.20 Å². The summed E-state index contributed by atoms with van der Waals surface area (Å²) >= 11 is 7.92. The van der Waals surface area contributed by atoms with Gasteiger partial charge in [0.1, 0.15) is 15.2 Å². The van der Waals surface area contributed by atoms with Gasteiger partial charge in [0.25, 0.3) is 5.91 Å². The number of halogens is 1. The molecule has 6 nitrogen and oxygen atoms in total. The van der Waals surface area contributed by atoms with Gasteiger partial charge in [-0.05, 0) is 62.1 Å². The minimum Gasteiger partial charge on any atom is -0.396 e. The van der Waals surface area contributed by atoms with Crippen LogP contribution < -0.4 is 16.0 Å². The third kappa shape index (κ3) is 4.08. The maximum absolute atomic E-state index is 12.6. The Labute approximate surface area is 190 Å². The Hall–Kier alpha value is -2.38. The molecule has 0 spiro atoms. The third-order valence-electron chi connectivity index (χ3n) is 6.42. The zero-order valence-electron chi connectivity index (χ0n) is 17.5. The molecule has 1 aliphatic heterocycles. The summed E-state index contributed by atoms with van der Waals surface area (Å²) in [6, 6.07) is 6.28. The molecular weight excluding hydrogens is 430 g/mol. The molecule has 2 aliphatic rings. The fourth-order valence-electron chi connectivity index (χ4n) is 4.91. The Morgan fingerprint density at radius 3 is 2.84 bits per heavy atom. The normalized spacial score (nSPS) is 20.4. The number of nitrogens with two attached hydrogens (primary N) is 1. The van der Waals surface area contributed by atoms with Crippen molar-refractivity contribution in [3.05, 3.63) is 45.6 Å². The zero-order valence-corrected chi connectivity index (χ0v) is 19.1. The van der Waals surface area contributed by atoms with Gasteiger partial charge in [0.05, 0.1) is 22.1 Å². The van der Waals surface area contributed by atoms with E-state index in [1.807, 2.05) is 13.0 Å². The molecule has 8 heteroatoms. The van der Waals surface area contributed by atoms with Crippen LogP contribution in [0.5, 0.6) is 0 Å². The van der Waals surface area contributed by atoms with Gasteiger partial charge in [0.2, 0.25) is 0 Å². The van der Waals surface area contributed by atoms with Crippen molar-refractivity contribution in [2.45, 2.75) is 32.6 Å². The van der Waals surface area contributed by atoms with Gasteiger partial charge in [0, 0.05) is 25.8 Å². The Balaban J connectivity index is 1.21. The summed E-state index contributed by atoms with van der Waals surface area (Å²) in [4.78, 5) is 25.0. The first-order valence-electron chi connectivity index (χ1n) is 10.8. The van der Waals surface area contributed by atoms with E-state index in [9.17, 15) is 4.79 Å². The molecule has 2 fully saturated rings. The number of nitrogens with zero attached hydrogens (tertiary/aromatic N) is 3. The first-order chi connectivity index (χ1) is 15.0. The standard InChI is InChI=1S/C23H26ClN5OS/c1-13-10-27-20-19(25)21(31-23(20)28-13)22(30)26-7-6-14-4-5-18(17(24)9-14)29-11-15-2-3-16(8-15)12-29/h4-5,9-10,15-16H,2-3,6-8,11-12,25H2,1H3,(H,26,30). The van der Waals surface area contributed by atoms with E-state index >= 15 is 0 Å². The van der Waals surface area contributed by atoms with Crippen LogP contribution in [-0.2, 0) is 6.42 Å². The van der Waals surface area contributed by atoms with Crippen molar-refractivity contribution < 1.29 is 4.79 Å². The van der Waals surface area contributed by atoms with E-state index in [1.165, 1.54) is 30.6 Å². The molecule has 1 saturated carbocycles. The fraction of sp³-hybridized carbons (Fsp3) is 0.435. The smallest absolute Gasteiger partial charge is 0.263 e. The largest absolute Gasteiger partial charge is 0.396 e. The second kappa shape index (κ2) is 8.28. The molecule has 2 aromatic heterocycles. The van der Waals surface area contributed by atoms with E-state index in [2.05, 4.69) is 32.3 Å². The summed E-state index contributed by atoms with van der Waals surface area (Å²) < 4.78 is 0. The van der Waals surface area contributed by atoms with E-state index < -0.39 is 0 Å². The van der Waals surface area contributed by atoms with Crippen LogP contribution in [0, 0.1) is 18.8 Å². The van der Waals surface area contributed by atoms with Crippen molar-refractivity contribution in [2.75, 3.05) is 30.3 Å². The van der Waals surface area contributed by atoms with Crippen molar-refractivity contribution in [1.82, 2.24) is 15.3 Å². The maximum atomic E-state index is 12.6. The molecule has 0 radical (unpaired) electrons. The second-order valence-electron chi connectivity index (χ2n) is 8.75. The van der Waals surface area contributed by atoms with Crippen molar-refractivity contribution in [2.24, 2.45) is 11.8 Å². The molecule has 2 bridgehead atoms. The van der Waals surface area contributed by atoms with Crippen LogP contribution in [-0.4, -0.2) is 35.5 Å². The van der Waals surface area contributed by atoms with Crippen molar-refractivity contribution in [1.29, 1.82) is 0 Å². The number of hydrogen-bond donors (Lipinski definition) is 2. The minimum absolute atomic E-state index is 0.188. The van der Waals surface area contributed by atoms with E-state index in [0.717, 1.165) is 46.9 Å². The molecule has 3 heterocycles. The predicted octanol–water partition coefficient (Wildman–Crippen LogP) is 4.44. The first-order valence-corrected chi connectivity index (χ1v) is 12.0. The van der Waals surface area contributed by atoms with Crippen LogP contribution in [0.3, 0.4) is 0 Å². The number of rotatable bonds is 5. The Morgan fingerprint density at radius 2 is 2.10 bits per heavy atom. The number of piperidine rings is 1. The zero-order chi connectivity index (χ0) is 21.5. The number of amides is 1. The van der Waals surface area contributed by atoms with Crippen LogP contribution in [0.4, 0.5) is 11.4 Å². The van der Waals surface area contributed by atoms with Crippen LogP contribution in [0.1, 0.15) is 40.2 Å². The Kier molecular flexibility index (Phi) is 5.48. The lowest BCUT2D eigenvalue weighted by Crippen LogP contribution is -2.36. The van der Waals surface area contributed by atoms with Crippen LogP contribution in [0.15, 0.2) is 24.4 Å². The highest BCUT2D eigenvalue weighted by Gasteiger charge is 2.33. The molecular formula is C23H26ClN5OS. The van der Waals surface area contributed by atoms with Crippen molar-refractivity contribution in [3.63, 3.8) is 0 Å². The lowest BCUT2D eigenvalue weighted by molar-refractivity contribution is 0.0959. The number of thiophene rings is 1. The molecule has 1 aliphatic carbocycles. The maximum Gasteiger partial charge on any atom is 0.263 e. The molecule has 1 amide bonds. The summed E-state index contributed by atoms with van der Waals surface area (Å²) in [6.07, 6.45) is 6.45. The molecule has 162 valence electrons. The molecule has 5 rings (SSSR count). The topological polar surface area (TPSA) is 84.1 Å². The Bertz CT molecular complexity index is 1130. The van der Waals surface area contributed by atoms with Gasteiger partial charge in [-0.1, -0.05) is 17.7 Å². The number of anilines is 2. The average Bonchev–Trinajstić information content (AvgIpc) is 3.26. The monoisotopic (exact) mass is 455 g/mol. The van der Waals surface area contributed by atoms with Crippen molar-refractivity contribution in [3.8, 4) is 0 Å². The van der Waals surface area contributed by atoms with Crippen LogP contribution in [0.25, 0.3) is 10.3 Å². The highest BCUT2D eigenvalue weighted by molar-refractivity contribution is 7.21. The molecule has 1 aromatic carbocycles. The predicted molar refractivity (Wildman–Crippen MR) is 127 cm³/mol. The number of nitrogen functional groups attached to an aromatic ring is 1. The SMILES string of the molecule is Cc1cnc2c(N)c(C(=O)NCCc3ccc(N4CC5CCC(C5)C4)c(Cl)c3)sc2n1. The summed E-state index contributed by atoms with van der Waals surface area (Å²) in [6.45, 7) is 4.61. The summed E-state index contributed by atoms with van der Waals surface area (Å²) in [7, 11) is 0. The molecule has 31 heavy (non-hydrogen) atoms. The van der Waals surface area contributed by atoms with Gasteiger partial charge >= 0.3 is 0 Å². The molecule has 2 atom stereocenters. The summed E-state index contributed by atoms with van der Waals surface area (Å²) in [5, 5.41) is 3.76. The quantitative estimate of drug-likeness (QED) is 0.594. The lowest BCUT2D eigenvalue weighted by Gasteiger charge is -2.34. The number of carbonyl (C=O) groups is 1. The third-order valence-corrected chi connectivity index (χ3v) is 7.81. The summed E-state index contributed by atoms with van der Waals surface area (Å²) in [5.41, 5.74) is 10.2. The van der Waals surface area contributed by atoms with Crippen LogP contribution >= 0.6 is 22.9 Å². The van der Waals surface area contributed by atoms with Gasteiger partial charge in [-0.25, -0.2) is 9.97 Å².